The predicted molar refractivity (Wildman–Crippen MR) is 109 cm³/mol. The van der Waals surface area contributed by atoms with Crippen molar-refractivity contribution in [3.8, 4) is 11.3 Å². The van der Waals surface area contributed by atoms with E-state index in [4.69, 9.17) is 4.42 Å². The summed E-state index contributed by atoms with van der Waals surface area (Å²) in [5, 5.41) is 0. The van der Waals surface area contributed by atoms with Gasteiger partial charge in [-0.05, 0) is 42.5 Å². The Bertz CT molecular complexity index is 1020. The van der Waals surface area contributed by atoms with Crippen molar-refractivity contribution in [1.82, 2.24) is 0 Å². The van der Waals surface area contributed by atoms with Gasteiger partial charge in [0, 0.05) is 12.0 Å². The van der Waals surface area contributed by atoms with Gasteiger partial charge in [-0.15, -0.1) is 0 Å². The molecule has 1 heterocycles. The van der Waals surface area contributed by atoms with Gasteiger partial charge in [-0.2, -0.15) is 0 Å². The second kappa shape index (κ2) is 7.35. The lowest BCUT2D eigenvalue weighted by molar-refractivity contribution is 0.360. The Morgan fingerprint density at radius 3 is 2.19 bits per heavy atom. The monoisotopic (exact) mass is 382 g/mol. The Labute approximate surface area is 162 Å². The number of hydrogen-bond acceptors (Lipinski definition) is 3. The van der Waals surface area contributed by atoms with Crippen molar-refractivity contribution < 1.29 is 12.8 Å². The van der Waals surface area contributed by atoms with Crippen LogP contribution >= 0.6 is 0 Å². The van der Waals surface area contributed by atoms with Crippen molar-refractivity contribution in [2.45, 2.75) is 50.3 Å². The summed E-state index contributed by atoms with van der Waals surface area (Å²) >= 11 is 0. The summed E-state index contributed by atoms with van der Waals surface area (Å²) in [6.07, 6.45) is 1.62. The fourth-order valence-corrected chi connectivity index (χ4v) is 4.44. The van der Waals surface area contributed by atoms with Gasteiger partial charge in [0.1, 0.15) is 10.7 Å². The topological polar surface area (TPSA) is 47.3 Å². The first kappa shape index (κ1) is 19.4. The van der Waals surface area contributed by atoms with E-state index < -0.39 is 9.84 Å². The van der Waals surface area contributed by atoms with E-state index in [1.54, 1.807) is 30.3 Å². The molecule has 142 valence electrons. The first-order valence-electron chi connectivity index (χ1n) is 9.17. The highest BCUT2D eigenvalue weighted by atomic mass is 32.2. The lowest BCUT2D eigenvalue weighted by atomic mass is 9.90. The molecule has 0 saturated heterocycles. The van der Waals surface area contributed by atoms with Crippen LogP contribution in [0, 0.1) is 12.3 Å². The van der Waals surface area contributed by atoms with E-state index in [0.29, 0.717) is 17.9 Å². The Morgan fingerprint density at radius 2 is 1.56 bits per heavy atom. The third-order valence-corrected chi connectivity index (χ3v) is 6.38. The zero-order valence-electron chi connectivity index (χ0n) is 16.3. The van der Waals surface area contributed by atoms with Crippen LogP contribution in [0.1, 0.15) is 38.5 Å². The normalized spacial score (nSPS) is 12.3. The van der Waals surface area contributed by atoms with Crippen LogP contribution in [-0.4, -0.2) is 8.42 Å². The highest BCUT2D eigenvalue weighted by Crippen LogP contribution is 2.37. The van der Waals surface area contributed by atoms with Gasteiger partial charge in [-0.25, -0.2) is 8.42 Å². The van der Waals surface area contributed by atoms with Gasteiger partial charge >= 0.3 is 0 Å². The van der Waals surface area contributed by atoms with Crippen LogP contribution in [-0.2, 0) is 16.3 Å². The van der Waals surface area contributed by atoms with Crippen molar-refractivity contribution in [3.05, 3.63) is 72.0 Å². The number of hydrogen-bond donors (Lipinski definition) is 0. The molecule has 0 bridgehead atoms. The quantitative estimate of drug-likeness (QED) is 0.538. The Hall–Kier alpha value is -2.33. The van der Waals surface area contributed by atoms with E-state index in [-0.39, 0.29) is 15.2 Å². The van der Waals surface area contributed by atoms with Gasteiger partial charge in [-0.3, -0.25) is 0 Å². The summed E-state index contributed by atoms with van der Waals surface area (Å²) in [4.78, 5) is 0.523. The molecule has 4 heteroatoms. The molecule has 0 amide bonds. The minimum Gasteiger partial charge on any atom is -0.460 e. The van der Waals surface area contributed by atoms with Crippen LogP contribution in [0.5, 0.6) is 0 Å². The third-order valence-electron chi connectivity index (χ3n) is 4.60. The molecule has 0 unspecified atom stereocenters. The lowest BCUT2D eigenvalue weighted by Crippen LogP contribution is -2.06. The Morgan fingerprint density at radius 1 is 0.926 bits per heavy atom. The zero-order chi connectivity index (χ0) is 19.7. The van der Waals surface area contributed by atoms with Crippen LogP contribution in [0.4, 0.5) is 0 Å². The SMILES string of the molecule is Cc1ccccc1-c1oc(CCC(C)(C)C)cc1S(=O)(=O)c1ccccc1. The number of furan rings is 1. The van der Waals surface area contributed by atoms with Crippen LogP contribution in [0.25, 0.3) is 11.3 Å². The summed E-state index contributed by atoms with van der Waals surface area (Å²) in [5.74, 6) is 1.14. The van der Waals surface area contributed by atoms with Crippen molar-refractivity contribution >= 4 is 9.84 Å². The van der Waals surface area contributed by atoms with Gasteiger partial charge in [0.2, 0.25) is 9.84 Å². The van der Waals surface area contributed by atoms with Gasteiger partial charge < -0.3 is 4.42 Å². The number of benzene rings is 2. The van der Waals surface area contributed by atoms with E-state index in [2.05, 4.69) is 20.8 Å². The second-order valence-electron chi connectivity index (χ2n) is 8.10. The molecule has 0 aliphatic heterocycles. The predicted octanol–water partition coefficient (Wildman–Crippen LogP) is 6.07. The van der Waals surface area contributed by atoms with Crippen LogP contribution < -0.4 is 0 Å². The largest absolute Gasteiger partial charge is 0.460 e. The molecular formula is C23H26O3S. The smallest absolute Gasteiger partial charge is 0.210 e. The van der Waals surface area contributed by atoms with Crippen LogP contribution in [0.3, 0.4) is 0 Å². The minimum absolute atomic E-state index is 0.147. The van der Waals surface area contributed by atoms with Crippen molar-refractivity contribution in [2.24, 2.45) is 5.41 Å². The maximum atomic E-state index is 13.3. The number of aryl methyl sites for hydroxylation is 2. The van der Waals surface area contributed by atoms with E-state index in [0.717, 1.165) is 17.5 Å². The average molecular weight is 383 g/mol. The molecule has 3 nitrogen and oxygen atoms in total. The summed E-state index contributed by atoms with van der Waals surface area (Å²) in [5.41, 5.74) is 1.95. The van der Waals surface area contributed by atoms with Crippen molar-refractivity contribution in [2.75, 3.05) is 0 Å². The van der Waals surface area contributed by atoms with Crippen molar-refractivity contribution in [1.29, 1.82) is 0 Å². The van der Waals surface area contributed by atoms with Gasteiger partial charge in [0.15, 0.2) is 5.76 Å². The summed E-state index contributed by atoms with van der Waals surface area (Å²) in [6.45, 7) is 8.46. The highest BCUT2D eigenvalue weighted by Gasteiger charge is 2.27. The van der Waals surface area contributed by atoms with Crippen molar-refractivity contribution in [3.63, 3.8) is 0 Å². The van der Waals surface area contributed by atoms with Gasteiger partial charge in [-0.1, -0.05) is 63.2 Å². The molecule has 0 spiro atoms. The molecule has 27 heavy (non-hydrogen) atoms. The standard InChI is InChI=1S/C23H26O3S/c1-17-10-8-9-13-20(17)22-21(16-18(26-22)14-15-23(2,3)4)27(24,25)19-11-6-5-7-12-19/h5-13,16H,14-15H2,1-4H3. The maximum absolute atomic E-state index is 13.3. The molecule has 0 fully saturated rings. The molecule has 0 aliphatic rings. The van der Waals surface area contributed by atoms with Crippen LogP contribution in [0.15, 0.2) is 74.9 Å². The summed E-state index contributed by atoms with van der Waals surface area (Å²) < 4.78 is 32.7. The summed E-state index contributed by atoms with van der Waals surface area (Å²) in [6, 6.07) is 17.9. The molecule has 0 radical (unpaired) electrons. The van der Waals surface area contributed by atoms with Crippen LogP contribution in [0.2, 0.25) is 0 Å². The average Bonchev–Trinajstić information content (AvgIpc) is 3.05. The van der Waals surface area contributed by atoms with E-state index in [1.807, 2.05) is 37.3 Å². The van der Waals surface area contributed by atoms with E-state index >= 15 is 0 Å². The fraction of sp³-hybridized carbons (Fsp3) is 0.304. The zero-order valence-corrected chi connectivity index (χ0v) is 17.1. The molecule has 0 N–H and O–H groups in total. The van der Waals surface area contributed by atoms with E-state index in [9.17, 15) is 8.42 Å². The number of sulfone groups is 1. The second-order valence-corrected chi connectivity index (χ2v) is 10.0. The Balaban J connectivity index is 2.14. The first-order chi connectivity index (χ1) is 12.7. The molecule has 0 saturated carbocycles. The third kappa shape index (κ3) is 4.33. The molecule has 1 aromatic heterocycles. The molecule has 2 aromatic carbocycles. The maximum Gasteiger partial charge on any atom is 0.210 e. The Kier molecular flexibility index (Phi) is 5.29. The molecule has 3 rings (SSSR count). The molecule has 3 aromatic rings. The lowest BCUT2D eigenvalue weighted by Gasteiger charge is -2.16. The van der Waals surface area contributed by atoms with Gasteiger partial charge in [0.05, 0.1) is 4.90 Å². The highest BCUT2D eigenvalue weighted by molar-refractivity contribution is 7.91. The first-order valence-corrected chi connectivity index (χ1v) is 10.7. The number of rotatable bonds is 5. The fourth-order valence-electron chi connectivity index (χ4n) is 2.99. The van der Waals surface area contributed by atoms with Gasteiger partial charge in [0.25, 0.3) is 0 Å². The molecular weight excluding hydrogens is 356 g/mol. The van der Waals surface area contributed by atoms with E-state index in [1.165, 1.54) is 0 Å². The molecule has 0 atom stereocenters. The molecule has 0 aliphatic carbocycles. The summed E-state index contributed by atoms with van der Waals surface area (Å²) in [7, 11) is -3.66. The minimum atomic E-state index is -3.66.